The summed E-state index contributed by atoms with van der Waals surface area (Å²) in [6.45, 7) is 2.24. The van der Waals surface area contributed by atoms with Crippen LogP contribution >= 0.6 is 30.6 Å². The van der Waals surface area contributed by atoms with Crippen LogP contribution in [-0.2, 0) is 18.6 Å². The summed E-state index contributed by atoms with van der Waals surface area (Å²) in [5.74, 6) is -0.0350. The van der Waals surface area contributed by atoms with Gasteiger partial charge in [0.1, 0.15) is 6.61 Å². The van der Waals surface area contributed by atoms with Gasteiger partial charge in [0.2, 0.25) is 5.91 Å². The lowest BCUT2D eigenvalue weighted by Crippen LogP contribution is -2.32. The van der Waals surface area contributed by atoms with E-state index in [1.54, 1.807) is 11.8 Å². The van der Waals surface area contributed by atoms with E-state index in [-0.39, 0.29) is 17.8 Å². The molecule has 0 aromatic carbocycles. The predicted molar refractivity (Wildman–Crippen MR) is 107 cm³/mol. The van der Waals surface area contributed by atoms with E-state index in [0.717, 1.165) is 25.7 Å². The highest BCUT2D eigenvalue weighted by atomic mass is 32.7. The fraction of sp³-hybridized carbons (Fsp3) is 0.867. The predicted octanol–water partition coefficient (Wildman–Crippen LogP) is 3.30. The van der Waals surface area contributed by atoms with Crippen molar-refractivity contribution in [1.29, 1.82) is 0 Å². The van der Waals surface area contributed by atoms with E-state index in [0.29, 0.717) is 26.1 Å². The number of thioether (sulfide) groups is 1. The first-order valence-electron chi connectivity index (χ1n) is 8.39. The number of unbranched alkanes of at least 4 members (excludes halogenated alkanes) is 3. The van der Waals surface area contributed by atoms with Crippen molar-refractivity contribution >= 4 is 42.6 Å². The van der Waals surface area contributed by atoms with Gasteiger partial charge in [0.05, 0.1) is 13.2 Å². The SMILES string of the molecule is CSC(C)CC(=O)NCCOC(=O)NCCCCCCOP(C)(=O)S. The minimum atomic E-state index is -2.68. The van der Waals surface area contributed by atoms with Crippen molar-refractivity contribution in [3.8, 4) is 0 Å². The Morgan fingerprint density at radius 3 is 2.44 bits per heavy atom. The van der Waals surface area contributed by atoms with Crippen molar-refractivity contribution in [1.82, 2.24) is 10.6 Å². The van der Waals surface area contributed by atoms with E-state index in [9.17, 15) is 14.2 Å². The third-order valence-corrected chi connectivity index (χ3v) is 5.18. The Bertz CT molecular complexity index is 434. The summed E-state index contributed by atoms with van der Waals surface area (Å²) in [7, 11) is 0. The van der Waals surface area contributed by atoms with Gasteiger partial charge < -0.3 is 19.9 Å². The van der Waals surface area contributed by atoms with Crippen LogP contribution in [-0.4, -0.2) is 56.5 Å². The quantitative estimate of drug-likeness (QED) is 0.229. The van der Waals surface area contributed by atoms with Crippen LogP contribution in [0, 0.1) is 0 Å². The highest BCUT2D eigenvalue weighted by Crippen LogP contribution is 2.47. The molecule has 0 aliphatic heterocycles. The van der Waals surface area contributed by atoms with Gasteiger partial charge in [0.25, 0.3) is 6.57 Å². The Balaban J connectivity index is 3.42. The van der Waals surface area contributed by atoms with Crippen LogP contribution in [0.5, 0.6) is 0 Å². The number of amides is 2. The molecule has 0 aromatic rings. The molecule has 2 N–H and O–H groups in total. The molecular formula is C15H31N2O5PS2. The first-order chi connectivity index (χ1) is 11.7. The summed E-state index contributed by atoms with van der Waals surface area (Å²) in [5, 5.41) is 5.66. The smallest absolute Gasteiger partial charge is 0.407 e. The number of thiol groups is 1. The average Bonchev–Trinajstić information content (AvgIpc) is 2.52. The third-order valence-electron chi connectivity index (χ3n) is 3.20. The molecule has 0 bridgehead atoms. The second kappa shape index (κ2) is 14.8. The zero-order valence-electron chi connectivity index (χ0n) is 15.3. The maximum absolute atomic E-state index is 11.5. The molecule has 2 unspecified atom stereocenters. The van der Waals surface area contributed by atoms with Crippen LogP contribution < -0.4 is 10.6 Å². The van der Waals surface area contributed by atoms with Crippen molar-refractivity contribution in [2.75, 3.05) is 39.2 Å². The van der Waals surface area contributed by atoms with E-state index in [2.05, 4.69) is 22.9 Å². The van der Waals surface area contributed by atoms with Crippen molar-refractivity contribution in [3.63, 3.8) is 0 Å². The third kappa shape index (κ3) is 18.2. The van der Waals surface area contributed by atoms with Gasteiger partial charge in [-0.3, -0.25) is 9.36 Å². The van der Waals surface area contributed by atoms with Crippen LogP contribution in [0.15, 0.2) is 0 Å². The number of alkyl carbamates (subject to hydrolysis) is 1. The molecule has 7 nitrogen and oxygen atoms in total. The highest BCUT2D eigenvalue weighted by Gasteiger charge is 2.08. The van der Waals surface area contributed by atoms with Crippen LogP contribution in [0.2, 0.25) is 0 Å². The molecule has 0 aliphatic rings. The molecule has 0 rings (SSSR count). The molecule has 2 atom stereocenters. The lowest BCUT2D eigenvalue weighted by atomic mass is 10.2. The van der Waals surface area contributed by atoms with Crippen molar-refractivity contribution in [2.24, 2.45) is 0 Å². The number of carbonyl (C=O) groups is 2. The number of nitrogens with one attached hydrogen (secondary N) is 2. The van der Waals surface area contributed by atoms with E-state index in [1.807, 2.05) is 13.2 Å². The van der Waals surface area contributed by atoms with Gasteiger partial charge in [-0.05, 0) is 19.1 Å². The van der Waals surface area contributed by atoms with E-state index in [4.69, 9.17) is 9.26 Å². The lowest BCUT2D eigenvalue weighted by Gasteiger charge is -2.10. The molecule has 0 radical (unpaired) electrons. The van der Waals surface area contributed by atoms with Gasteiger partial charge in [-0.2, -0.15) is 11.8 Å². The summed E-state index contributed by atoms with van der Waals surface area (Å²) in [5.41, 5.74) is 0. The number of hydrogen-bond acceptors (Lipinski definition) is 6. The average molecular weight is 415 g/mol. The maximum atomic E-state index is 11.5. The Labute approximate surface area is 160 Å². The van der Waals surface area contributed by atoms with Gasteiger partial charge in [-0.25, -0.2) is 4.79 Å². The Morgan fingerprint density at radius 2 is 1.80 bits per heavy atom. The van der Waals surface area contributed by atoms with Crippen LogP contribution in [0.1, 0.15) is 39.0 Å². The molecule has 25 heavy (non-hydrogen) atoms. The standard InChI is InChI=1S/C15H31N2O5PS2/c1-13(25-3)12-14(18)16-9-11-21-15(19)17-8-6-4-5-7-10-22-23(2,20)24/h13H,4-12H2,1-3H3,(H,16,18)(H,17,19)(H,20,24). The Morgan fingerprint density at radius 1 is 1.12 bits per heavy atom. The summed E-state index contributed by atoms with van der Waals surface area (Å²) < 4.78 is 21.2. The van der Waals surface area contributed by atoms with Gasteiger partial charge in [0.15, 0.2) is 0 Å². The maximum Gasteiger partial charge on any atom is 0.407 e. The lowest BCUT2D eigenvalue weighted by molar-refractivity contribution is -0.121. The Hall–Kier alpha value is -0.370. The molecule has 0 saturated carbocycles. The normalized spacial score (nSPS) is 14.4. The molecule has 0 heterocycles. The van der Waals surface area contributed by atoms with Crippen LogP contribution in [0.3, 0.4) is 0 Å². The second-order valence-corrected chi connectivity index (χ2v) is 11.0. The van der Waals surface area contributed by atoms with Gasteiger partial charge >= 0.3 is 6.09 Å². The van der Waals surface area contributed by atoms with Crippen molar-refractivity contribution in [3.05, 3.63) is 0 Å². The van der Waals surface area contributed by atoms with Crippen molar-refractivity contribution < 1.29 is 23.4 Å². The molecule has 0 fully saturated rings. The van der Waals surface area contributed by atoms with E-state index >= 15 is 0 Å². The van der Waals surface area contributed by atoms with E-state index in [1.165, 1.54) is 6.66 Å². The van der Waals surface area contributed by atoms with Crippen LogP contribution in [0.25, 0.3) is 0 Å². The number of rotatable bonds is 14. The van der Waals surface area contributed by atoms with Gasteiger partial charge in [0, 0.05) is 24.9 Å². The molecule has 148 valence electrons. The minimum Gasteiger partial charge on any atom is -0.448 e. The van der Waals surface area contributed by atoms with Gasteiger partial charge in [-0.15, -0.1) is 0 Å². The van der Waals surface area contributed by atoms with Crippen molar-refractivity contribution in [2.45, 2.75) is 44.3 Å². The molecule has 0 spiro atoms. The topological polar surface area (TPSA) is 93.7 Å². The molecule has 0 aliphatic carbocycles. The van der Waals surface area contributed by atoms with Gasteiger partial charge in [-0.1, -0.05) is 32.0 Å². The van der Waals surface area contributed by atoms with E-state index < -0.39 is 12.7 Å². The number of hydrogen-bond donors (Lipinski definition) is 3. The molecular weight excluding hydrogens is 383 g/mol. The summed E-state index contributed by atoms with van der Waals surface area (Å²) in [6.07, 6.45) is 5.48. The first-order valence-corrected chi connectivity index (χ1v) is 12.9. The van der Waals surface area contributed by atoms with Crippen LogP contribution in [0.4, 0.5) is 4.79 Å². The monoisotopic (exact) mass is 414 g/mol. The Kier molecular flexibility index (Phi) is 14.5. The highest BCUT2D eigenvalue weighted by molar-refractivity contribution is 8.46. The minimum absolute atomic E-state index is 0.0350. The molecule has 0 aromatic heterocycles. The fourth-order valence-electron chi connectivity index (χ4n) is 1.81. The number of ether oxygens (including phenoxy) is 1. The summed E-state index contributed by atoms with van der Waals surface area (Å²) in [4.78, 5) is 23.0. The largest absolute Gasteiger partial charge is 0.448 e. The summed E-state index contributed by atoms with van der Waals surface area (Å²) in [6, 6.07) is 0. The summed E-state index contributed by atoms with van der Waals surface area (Å²) >= 11 is 5.48. The fourth-order valence-corrected chi connectivity index (χ4v) is 2.84. The zero-order valence-corrected chi connectivity index (χ0v) is 17.9. The first kappa shape index (κ1) is 24.6. The zero-order chi connectivity index (χ0) is 19.1. The second-order valence-electron chi connectivity index (χ2n) is 5.71. The molecule has 10 heteroatoms. The molecule has 0 saturated heterocycles. The number of carbonyl (C=O) groups excluding carboxylic acids is 2. The molecule has 2 amide bonds.